The summed E-state index contributed by atoms with van der Waals surface area (Å²) in [5.41, 5.74) is 7.31. The maximum absolute atomic E-state index is 13.2. The SMILES string of the molecule is CC(C(=O)O)N(C)C(N)=NP(=O)(OCCOC(=O)OCc1ccccc1)OCCOC(=O)OCc1ccccc1. The van der Waals surface area contributed by atoms with Crippen LogP contribution >= 0.6 is 7.75 Å². The Kier molecular flexibility index (Phi) is 13.4. The summed E-state index contributed by atoms with van der Waals surface area (Å²) in [5, 5.41) is 9.18. The molecule has 2 aromatic carbocycles. The van der Waals surface area contributed by atoms with Gasteiger partial charge in [0.05, 0.1) is 13.2 Å². The standard InChI is InChI=1S/C25H32N3O11P/c1-19(22(29)30)28(2)23(26)27-40(33,38-15-13-34-24(31)36-17-20-9-5-3-6-10-20)39-16-14-35-25(32)37-18-21-11-7-4-8-12-21/h3-12,19H,13-18H2,1-2H3,(H,29,30)(H2,26,27,33). The number of hydrogen-bond donors (Lipinski definition) is 2. The van der Waals surface area contributed by atoms with Gasteiger partial charge < -0.3 is 34.7 Å². The highest BCUT2D eigenvalue weighted by molar-refractivity contribution is 7.52. The van der Waals surface area contributed by atoms with Crippen molar-refractivity contribution in [1.82, 2.24) is 4.90 Å². The second-order valence-corrected chi connectivity index (χ2v) is 9.62. The molecular weight excluding hydrogens is 549 g/mol. The molecule has 0 aliphatic rings. The number of nitrogens with zero attached hydrogens (tertiary/aromatic N) is 2. The van der Waals surface area contributed by atoms with Crippen LogP contribution in [0.4, 0.5) is 9.59 Å². The molecule has 2 rings (SSSR count). The lowest BCUT2D eigenvalue weighted by atomic mass is 10.2. The van der Waals surface area contributed by atoms with Gasteiger partial charge in [0, 0.05) is 7.05 Å². The molecule has 1 unspecified atom stereocenters. The van der Waals surface area contributed by atoms with Crippen LogP contribution in [0.25, 0.3) is 0 Å². The first-order valence-corrected chi connectivity index (χ1v) is 13.5. The van der Waals surface area contributed by atoms with Crippen LogP contribution in [0.15, 0.2) is 65.4 Å². The molecule has 3 N–H and O–H groups in total. The number of aliphatic carboxylic acids is 1. The highest BCUT2D eigenvalue weighted by Gasteiger charge is 2.28. The average molecular weight is 582 g/mol. The summed E-state index contributed by atoms with van der Waals surface area (Å²) >= 11 is 0. The second-order valence-electron chi connectivity index (χ2n) is 7.96. The number of ether oxygens (including phenoxy) is 4. The Balaban J connectivity index is 1.87. The molecule has 1 atom stereocenters. The Hall–Kier alpha value is -4.13. The fourth-order valence-electron chi connectivity index (χ4n) is 2.73. The van der Waals surface area contributed by atoms with Gasteiger partial charge in [0.25, 0.3) is 0 Å². The van der Waals surface area contributed by atoms with E-state index in [1.165, 1.54) is 14.0 Å². The molecule has 0 aromatic heterocycles. The van der Waals surface area contributed by atoms with Crippen molar-refractivity contribution in [2.45, 2.75) is 26.2 Å². The summed E-state index contributed by atoms with van der Waals surface area (Å²) in [6.07, 6.45) is -1.97. The summed E-state index contributed by atoms with van der Waals surface area (Å²) in [7, 11) is -3.06. The van der Waals surface area contributed by atoms with Gasteiger partial charge in [-0.25, -0.2) is 18.9 Å². The van der Waals surface area contributed by atoms with E-state index in [1.54, 1.807) is 48.5 Å². The molecular formula is C25H32N3O11P. The number of hydrogen-bond acceptors (Lipinski definition) is 10. The molecule has 0 fully saturated rings. The number of likely N-dealkylation sites (N-methyl/N-ethyl adjacent to an activating group) is 1. The quantitative estimate of drug-likeness (QED) is 0.102. The summed E-state index contributed by atoms with van der Waals surface area (Å²) in [5.74, 6) is -1.66. The van der Waals surface area contributed by atoms with Gasteiger partial charge in [0.15, 0.2) is 0 Å². The highest BCUT2D eigenvalue weighted by atomic mass is 31.2. The van der Waals surface area contributed by atoms with Gasteiger partial charge in [-0.15, -0.1) is 4.76 Å². The number of nitrogens with two attached hydrogens (primary N) is 1. The summed E-state index contributed by atoms with van der Waals surface area (Å²) < 4.78 is 47.0. The van der Waals surface area contributed by atoms with Gasteiger partial charge in [0.2, 0.25) is 5.96 Å². The van der Waals surface area contributed by atoms with E-state index < -0.39 is 51.2 Å². The monoisotopic (exact) mass is 581 g/mol. The molecule has 0 saturated heterocycles. The third-order valence-corrected chi connectivity index (χ3v) is 6.51. The van der Waals surface area contributed by atoms with Crippen molar-refractivity contribution in [3.05, 3.63) is 71.8 Å². The highest BCUT2D eigenvalue weighted by Crippen LogP contribution is 2.49. The minimum Gasteiger partial charge on any atom is -0.480 e. The van der Waals surface area contributed by atoms with E-state index in [-0.39, 0.29) is 26.4 Å². The number of carbonyl (C=O) groups is 3. The second kappa shape index (κ2) is 16.7. The molecule has 0 aliphatic heterocycles. The van der Waals surface area contributed by atoms with Crippen molar-refractivity contribution in [2.24, 2.45) is 10.5 Å². The van der Waals surface area contributed by atoms with Crippen molar-refractivity contribution in [3.8, 4) is 0 Å². The molecule has 0 amide bonds. The Labute approximate surface area is 231 Å². The van der Waals surface area contributed by atoms with Gasteiger partial charge in [-0.1, -0.05) is 60.7 Å². The Bertz CT molecular complexity index is 1100. The topological polar surface area (TPSA) is 186 Å². The van der Waals surface area contributed by atoms with E-state index in [9.17, 15) is 24.1 Å². The van der Waals surface area contributed by atoms with E-state index in [0.717, 1.165) is 16.0 Å². The maximum Gasteiger partial charge on any atom is 0.508 e. The van der Waals surface area contributed by atoms with Gasteiger partial charge >= 0.3 is 26.0 Å². The fourth-order valence-corrected chi connectivity index (χ4v) is 3.92. The van der Waals surface area contributed by atoms with Crippen LogP contribution in [-0.4, -0.2) is 73.8 Å². The summed E-state index contributed by atoms with van der Waals surface area (Å²) in [6, 6.07) is 16.7. The van der Waals surface area contributed by atoms with Gasteiger partial charge in [-0.2, -0.15) is 0 Å². The average Bonchev–Trinajstić information content (AvgIpc) is 2.95. The van der Waals surface area contributed by atoms with E-state index in [0.29, 0.717) is 0 Å². The number of benzene rings is 2. The number of guanidine groups is 1. The molecule has 0 bridgehead atoms. The molecule has 0 saturated carbocycles. The first-order chi connectivity index (χ1) is 19.1. The van der Waals surface area contributed by atoms with Crippen molar-refractivity contribution in [2.75, 3.05) is 33.5 Å². The molecule has 2 aromatic rings. The first-order valence-electron chi connectivity index (χ1n) is 12.0. The fraction of sp³-hybridized carbons (Fsp3) is 0.360. The van der Waals surface area contributed by atoms with Crippen LogP contribution in [0.3, 0.4) is 0 Å². The molecule has 0 aliphatic carbocycles. The number of carbonyl (C=O) groups excluding carboxylic acids is 2. The smallest absolute Gasteiger partial charge is 0.480 e. The van der Waals surface area contributed by atoms with Crippen LogP contribution in [0, 0.1) is 0 Å². The van der Waals surface area contributed by atoms with Gasteiger partial charge in [0.1, 0.15) is 32.5 Å². The third kappa shape index (κ3) is 12.2. The lowest BCUT2D eigenvalue weighted by Gasteiger charge is -2.23. The molecule has 14 nitrogen and oxygen atoms in total. The maximum atomic E-state index is 13.2. The molecule has 0 heterocycles. The first kappa shape index (κ1) is 32.1. The predicted octanol–water partition coefficient (Wildman–Crippen LogP) is 3.55. The van der Waals surface area contributed by atoms with E-state index in [2.05, 4.69) is 4.76 Å². The molecule has 0 radical (unpaired) electrons. The van der Waals surface area contributed by atoms with Gasteiger partial charge in [-0.05, 0) is 18.1 Å². The van der Waals surface area contributed by atoms with E-state index >= 15 is 0 Å². The summed E-state index contributed by atoms with van der Waals surface area (Å²) in [4.78, 5) is 35.9. The number of carboxylic acids is 1. The van der Waals surface area contributed by atoms with Crippen molar-refractivity contribution >= 4 is 32.0 Å². The third-order valence-electron chi connectivity index (χ3n) is 5.04. The van der Waals surface area contributed by atoms with E-state index in [4.69, 9.17) is 33.7 Å². The summed E-state index contributed by atoms with van der Waals surface area (Å²) in [6.45, 7) is -0.309. The van der Waals surface area contributed by atoms with Crippen molar-refractivity contribution in [1.29, 1.82) is 0 Å². The van der Waals surface area contributed by atoms with Crippen molar-refractivity contribution in [3.63, 3.8) is 0 Å². The zero-order chi connectivity index (χ0) is 29.4. The minimum atomic E-state index is -4.38. The lowest BCUT2D eigenvalue weighted by molar-refractivity contribution is -0.140. The Morgan fingerprint density at radius 2 is 1.25 bits per heavy atom. The van der Waals surface area contributed by atoms with Gasteiger partial charge in [-0.3, -0.25) is 9.05 Å². The predicted molar refractivity (Wildman–Crippen MR) is 141 cm³/mol. The normalized spacial score (nSPS) is 12.2. The Morgan fingerprint density at radius 3 is 1.65 bits per heavy atom. The number of carboxylic acid groups (broad SMARTS) is 1. The van der Waals surface area contributed by atoms with E-state index in [1.807, 2.05) is 12.1 Å². The molecule has 40 heavy (non-hydrogen) atoms. The van der Waals surface area contributed by atoms with Crippen LogP contribution in [0.5, 0.6) is 0 Å². The van der Waals surface area contributed by atoms with Crippen LogP contribution in [-0.2, 0) is 50.6 Å². The van der Waals surface area contributed by atoms with Crippen molar-refractivity contribution < 1.29 is 52.1 Å². The number of rotatable bonds is 15. The van der Waals surface area contributed by atoms with Crippen LogP contribution in [0.2, 0.25) is 0 Å². The molecule has 0 spiro atoms. The van der Waals surface area contributed by atoms with Crippen LogP contribution in [0.1, 0.15) is 18.1 Å². The lowest BCUT2D eigenvalue weighted by Crippen LogP contribution is -2.44. The van der Waals surface area contributed by atoms with Crippen LogP contribution < -0.4 is 5.73 Å². The molecule has 218 valence electrons. The Morgan fingerprint density at radius 1 is 0.825 bits per heavy atom. The molecule has 15 heteroatoms. The zero-order valence-corrected chi connectivity index (χ0v) is 22.9. The minimum absolute atomic E-state index is 0.00909. The zero-order valence-electron chi connectivity index (χ0n) is 22.0. The largest absolute Gasteiger partial charge is 0.508 e.